The summed E-state index contributed by atoms with van der Waals surface area (Å²) in [6.07, 6.45) is 0. The highest BCUT2D eigenvalue weighted by Gasteiger charge is 2.13. The second kappa shape index (κ2) is 5.81. The van der Waals surface area contributed by atoms with Crippen molar-refractivity contribution < 1.29 is 4.74 Å². The Morgan fingerprint density at radius 2 is 1.73 bits per heavy atom. The average molecular weight is 314 g/mol. The first kappa shape index (κ1) is 14.6. The second-order valence-corrected chi connectivity index (χ2v) is 5.48. The van der Waals surface area contributed by atoms with E-state index >= 15 is 0 Å². The molecular formula is C17H16ClN3O. The third-order valence-corrected chi connectivity index (χ3v) is 3.93. The summed E-state index contributed by atoms with van der Waals surface area (Å²) in [6.45, 7) is 2.03. The van der Waals surface area contributed by atoms with Crippen molar-refractivity contribution in [2.75, 3.05) is 19.1 Å². The van der Waals surface area contributed by atoms with Crippen molar-refractivity contribution in [2.45, 2.75) is 6.92 Å². The zero-order valence-electron chi connectivity index (χ0n) is 12.7. The quantitative estimate of drug-likeness (QED) is 0.719. The molecular weight excluding hydrogens is 298 g/mol. The molecule has 3 aromatic rings. The predicted octanol–water partition coefficient (Wildman–Crippen LogP) is 4.37. The summed E-state index contributed by atoms with van der Waals surface area (Å²) >= 11 is 6.18. The van der Waals surface area contributed by atoms with Crippen molar-refractivity contribution in [3.05, 3.63) is 53.2 Å². The van der Waals surface area contributed by atoms with Crippen LogP contribution in [0.2, 0.25) is 5.15 Å². The third-order valence-electron chi connectivity index (χ3n) is 3.65. The van der Waals surface area contributed by atoms with Gasteiger partial charge in [0.15, 0.2) is 11.0 Å². The molecule has 1 aromatic heterocycles. The number of aromatic nitrogens is 2. The fraction of sp³-hybridized carbons (Fsp3) is 0.176. The highest BCUT2D eigenvalue weighted by Crippen LogP contribution is 2.32. The minimum atomic E-state index is 0.422. The Bertz CT molecular complexity index is 818. The normalized spacial score (nSPS) is 10.7. The summed E-state index contributed by atoms with van der Waals surface area (Å²) in [7, 11) is 3.61. The fourth-order valence-corrected chi connectivity index (χ4v) is 2.59. The number of rotatable bonds is 3. The Balaban J connectivity index is 2.10. The highest BCUT2D eigenvalue weighted by molar-refractivity contribution is 6.34. The van der Waals surface area contributed by atoms with Gasteiger partial charge in [-0.3, -0.25) is 0 Å². The van der Waals surface area contributed by atoms with Crippen LogP contribution in [0.1, 0.15) is 5.56 Å². The molecule has 0 saturated carbocycles. The van der Waals surface area contributed by atoms with Gasteiger partial charge in [0.2, 0.25) is 0 Å². The first-order valence-electron chi connectivity index (χ1n) is 6.90. The predicted molar refractivity (Wildman–Crippen MR) is 90.3 cm³/mol. The fourth-order valence-electron chi connectivity index (χ4n) is 2.40. The number of nitrogens with zero attached hydrogens (tertiary/aromatic N) is 3. The Morgan fingerprint density at radius 3 is 2.41 bits per heavy atom. The number of benzene rings is 2. The van der Waals surface area contributed by atoms with Gasteiger partial charge >= 0.3 is 0 Å². The number of hydrogen-bond acceptors (Lipinski definition) is 4. The molecule has 0 aliphatic heterocycles. The molecule has 5 heteroatoms. The van der Waals surface area contributed by atoms with Gasteiger partial charge in [-0.1, -0.05) is 29.3 Å². The summed E-state index contributed by atoms with van der Waals surface area (Å²) in [5.74, 6) is 1.59. The van der Waals surface area contributed by atoms with E-state index in [-0.39, 0.29) is 0 Å². The van der Waals surface area contributed by atoms with Gasteiger partial charge in [-0.2, -0.15) is 0 Å². The van der Waals surface area contributed by atoms with Crippen molar-refractivity contribution in [1.82, 2.24) is 10.2 Å². The van der Waals surface area contributed by atoms with Crippen molar-refractivity contribution in [3.63, 3.8) is 0 Å². The van der Waals surface area contributed by atoms with Gasteiger partial charge < -0.3 is 9.64 Å². The van der Waals surface area contributed by atoms with Gasteiger partial charge in [-0.05, 0) is 37.3 Å². The lowest BCUT2D eigenvalue weighted by Gasteiger charge is -2.20. The second-order valence-electron chi connectivity index (χ2n) is 5.12. The maximum Gasteiger partial charge on any atom is 0.163 e. The smallest absolute Gasteiger partial charge is 0.163 e. The van der Waals surface area contributed by atoms with Crippen LogP contribution in [0.4, 0.5) is 11.5 Å². The summed E-state index contributed by atoms with van der Waals surface area (Å²) in [4.78, 5) is 1.99. The van der Waals surface area contributed by atoms with Gasteiger partial charge in [0, 0.05) is 23.5 Å². The molecule has 0 amide bonds. The lowest BCUT2D eigenvalue weighted by molar-refractivity contribution is 0.415. The van der Waals surface area contributed by atoms with Crippen LogP contribution in [0.3, 0.4) is 0 Å². The molecule has 112 valence electrons. The van der Waals surface area contributed by atoms with Crippen molar-refractivity contribution in [3.8, 4) is 5.75 Å². The monoisotopic (exact) mass is 313 g/mol. The van der Waals surface area contributed by atoms with Gasteiger partial charge in [0.25, 0.3) is 0 Å². The molecule has 0 aliphatic carbocycles. The van der Waals surface area contributed by atoms with Crippen molar-refractivity contribution >= 4 is 33.9 Å². The Hall–Kier alpha value is -2.33. The van der Waals surface area contributed by atoms with Crippen LogP contribution in [0.5, 0.6) is 5.75 Å². The van der Waals surface area contributed by atoms with Gasteiger partial charge in [0.05, 0.1) is 7.11 Å². The van der Waals surface area contributed by atoms with Crippen LogP contribution in [0.15, 0.2) is 42.5 Å². The summed E-state index contributed by atoms with van der Waals surface area (Å²) in [6, 6.07) is 13.9. The molecule has 0 N–H and O–H groups in total. The number of aryl methyl sites for hydroxylation is 1. The Labute approximate surface area is 134 Å². The van der Waals surface area contributed by atoms with Crippen LogP contribution in [0, 0.1) is 6.92 Å². The number of halogens is 1. The van der Waals surface area contributed by atoms with E-state index in [2.05, 4.69) is 10.2 Å². The van der Waals surface area contributed by atoms with Gasteiger partial charge in [0.1, 0.15) is 5.75 Å². The number of ether oxygens (including phenoxy) is 1. The molecule has 0 radical (unpaired) electrons. The molecule has 1 heterocycles. The summed E-state index contributed by atoms with van der Waals surface area (Å²) in [5, 5.41) is 10.7. The standard InChI is InChI=1S/C17H16ClN3O/c1-11-4-9-14-15(10-11)16(18)19-20-17(14)21(2)12-5-7-13(22-3)8-6-12/h4-10H,1-3H3. The number of methoxy groups -OCH3 is 1. The van der Waals surface area contributed by atoms with Crippen LogP contribution in [0.25, 0.3) is 10.8 Å². The molecule has 3 rings (SSSR count). The first-order valence-corrected chi connectivity index (χ1v) is 7.28. The lowest BCUT2D eigenvalue weighted by Crippen LogP contribution is -2.12. The van der Waals surface area contributed by atoms with Gasteiger partial charge in [-0.25, -0.2) is 0 Å². The molecule has 0 fully saturated rings. The summed E-state index contributed by atoms with van der Waals surface area (Å²) < 4.78 is 5.19. The van der Waals surface area contributed by atoms with Crippen LogP contribution in [-0.4, -0.2) is 24.4 Å². The van der Waals surface area contributed by atoms with Crippen LogP contribution in [-0.2, 0) is 0 Å². The molecule has 0 atom stereocenters. The molecule has 0 unspecified atom stereocenters. The lowest BCUT2D eigenvalue weighted by atomic mass is 10.1. The maximum absolute atomic E-state index is 6.18. The van der Waals surface area contributed by atoms with Crippen LogP contribution >= 0.6 is 11.6 Å². The third kappa shape index (κ3) is 2.57. The average Bonchev–Trinajstić information content (AvgIpc) is 2.55. The molecule has 0 aliphatic rings. The van der Waals surface area contributed by atoms with Crippen molar-refractivity contribution in [1.29, 1.82) is 0 Å². The zero-order valence-corrected chi connectivity index (χ0v) is 13.4. The van der Waals surface area contributed by atoms with E-state index in [1.165, 1.54) is 0 Å². The van der Waals surface area contributed by atoms with Gasteiger partial charge in [-0.15, -0.1) is 10.2 Å². The van der Waals surface area contributed by atoms with E-state index in [0.29, 0.717) is 5.15 Å². The number of hydrogen-bond donors (Lipinski definition) is 0. The maximum atomic E-state index is 6.18. The largest absolute Gasteiger partial charge is 0.497 e. The van der Waals surface area contributed by atoms with E-state index < -0.39 is 0 Å². The topological polar surface area (TPSA) is 38.2 Å². The summed E-state index contributed by atoms with van der Waals surface area (Å²) in [5.41, 5.74) is 2.14. The Morgan fingerprint density at radius 1 is 1.00 bits per heavy atom. The van der Waals surface area contributed by atoms with E-state index in [1.54, 1.807) is 7.11 Å². The molecule has 2 aromatic carbocycles. The number of fused-ring (bicyclic) bond motifs is 1. The molecule has 0 saturated heterocycles. The minimum absolute atomic E-state index is 0.422. The molecule has 0 spiro atoms. The SMILES string of the molecule is COc1ccc(N(C)c2nnc(Cl)c3cc(C)ccc23)cc1. The van der Waals surface area contributed by atoms with E-state index in [0.717, 1.165) is 33.6 Å². The van der Waals surface area contributed by atoms with E-state index in [4.69, 9.17) is 16.3 Å². The zero-order chi connectivity index (χ0) is 15.7. The van der Waals surface area contributed by atoms with Crippen LogP contribution < -0.4 is 9.64 Å². The molecule has 0 bridgehead atoms. The Kier molecular flexibility index (Phi) is 3.86. The van der Waals surface area contributed by atoms with Crippen molar-refractivity contribution in [2.24, 2.45) is 0 Å². The number of anilines is 2. The molecule has 4 nitrogen and oxygen atoms in total. The minimum Gasteiger partial charge on any atom is -0.497 e. The first-order chi connectivity index (χ1) is 10.6. The highest BCUT2D eigenvalue weighted by atomic mass is 35.5. The van der Waals surface area contributed by atoms with E-state index in [1.807, 2.05) is 61.3 Å². The van der Waals surface area contributed by atoms with E-state index in [9.17, 15) is 0 Å². The molecule has 22 heavy (non-hydrogen) atoms.